The molecule has 4 nitrogen and oxygen atoms in total. The largest absolute Gasteiger partial charge is 0.347 e. The van der Waals surface area contributed by atoms with E-state index < -0.39 is 6.03 Å². The van der Waals surface area contributed by atoms with Gasteiger partial charge in [0.1, 0.15) is 0 Å². The molecule has 0 fully saturated rings. The molecule has 2 rings (SSSR count). The fraction of sp³-hybridized carbons (Fsp3) is 0.125. The van der Waals surface area contributed by atoms with Gasteiger partial charge in [-0.1, -0.05) is 18.2 Å². The molecule has 1 atom stereocenters. The highest BCUT2D eigenvalue weighted by Crippen LogP contribution is 2.13. The highest BCUT2D eigenvalue weighted by molar-refractivity contribution is 6.21. The van der Waals surface area contributed by atoms with Crippen molar-refractivity contribution in [1.29, 1.82) is 0 Å². The Balaban J connectivity index is 2.43. The predicted octanol–water partition coefficient (Wildman–Crippen LogP) is 0.419. The molecular formula is C8H6N2O2. The van der Waals surface area contributed by atoms with Gasteiger partial charge in [-0.05, 0) is 6.08 Å². The van der Waals surface area contributed by atoms with Crippen LogP contribution in [-0.2, 0) is 4.79 Å². The van der Waals surface area contributed by atoms with Crippen molar-refractivity contribution >= 4 is 17.6 Å². The van der Waals surface area contributed by atoms with Gasteiger partial charge in [-0.15, -0.1) is 0 Å². The van der Waals surface area contributed by atoms with E-state index in [4.69, 9.17) is 0 Å². The van der Waals surface area contributed by atoms with Crippen LogP contribution in [0, 0.1) is 5.92 Å². The number of amides is 3. The van der Waals surface area contributed by atoms with Crippen LogP contribution < -0.4 is 5.32 Å². The van der Waals surface area contributed by atoms with E-state index in [9.17, 15) is 9.59 Å². The molecule has 0 aromatic heterocycles. The lowest BCUT2D eigenvalue weighted by atomic mass is 9.96. The Morgan fingerprint density at radius 2 is 2.17 bits per heavy atom. The third-order valence-electron chi connectivity index (χ3n) is 1.74. The third kappa shape index (κ3) is 0.972. The second kappa shape index (κ2) is 2.41. The molecular weight excluding hydrogens is 156 g/mol. The highest BCUT2D eigenvalue weighted by atomic mass is 16.2. The molecule has 1 aliphatic heterocycles. The van der Waals surface area contributed by atoms with E-state index in [-0.39, 0.29) is 11.8 Å². The summed E-state index contributed by atoms with van der Waals surface area (Å²) in [5.41, 5.74) is 0.520. The fourth-order valence-corrected chi connectivity index (χ4v) is 1.19. The SMILES string of the molecule is O=C1N=C2C=CC=CC2C(=O)N1. The zero-order valence-electron chi connectivity index (χ0n) is 6.15. The minimum atomic E-state index is -0.578. The van der Waals surface area contributed by atoms with Crippen molar-refractivity contribution in [1.82, 2.24) is 5.32 Å². The average molecular weight is 162 g/mol. The van der Waals surface area contributed by atoms with Crippen LogP contribution in [-0.4, -0.2) is 17.6 Å². The Hall–Kier alpha value is -1.71. The van der Waals surface area contributed by atoms with Crippen molar-refractivity contribution < 1.29 is 9.59 Å². The van der Waals surface area contributed by atoms with Gasteiger partial charge in [0.2, 0.25) is 5.91 Å². The van der Waals surface area contributed by atoms with Crippen LogP contribution in [0.4, 0.5) is 4.79 Å². The molecule has 1 unspecified atom stereocenters. The molecule has 2 aliphatic rings. The van der Waals surface area contributed by atoms with Gasteiger partial charge >= 0.3 is 6.03 Å². The number of nitrogens with zero attached hydrogens (tertiary/aromatic N) is 1. The minimum absolute atomic E-state index is 0.300. The van der Waals surface area contributed by atoms with E-state index in [1.807, 2.05) is 0 Å². The topological polar surface area (TPSA) is 58.5 Å². The highest BCUT2D eigenvalue weighted by Gasteiger charge is 2.27. The number of carbonyl (C=O) groups is 2. The summed E-state index contributed by atoms with van der Waals surface area (Å²) in [5.74, 6) is -0.682. The summed E-state index contributed by atoms with van der Waals surface area (Å²) < 4.78 is 0. The van der Waals surface area contributed by atoms with Crippen LogP contribution in [0.25, 0.3) is 0 Å². The molecule has 0 bridgehead atoms. The molecule has 0 saturated heterocycles. The second-order valence-electron chi connectivity index (χ2n) is 2.55. The maximum atomic E-state index is 11.1. The van der Waals surface area contributed by atoms with Crippen molar-refractivity contribution in [3.63, 3.8) is 0 Å². The van der Waals surface area contributed by atoms with Gasteiger partial charge in [0.25, 0.3) is 0 Å². The standard InChI is InChI=1S/C8H6N2O2/c11-7-5-3-1-2-4-6(5)9-8(12)10-7/h1-5H,(H,10,11,12). The number of carbonyl (C=O) groups excluding carboxylic acids is 2. The number of aliphatic imine (C=N–C) groups is 1. The number of rotatable bonds is 0. The van der Waals surface area contributed by atoms with Crippen molar-refractivity contribution in [2.45, 2.75) is 0 Å². The maximum absolute atomic E-state index is 11.1. The summed E-state index contributed by atoms with van der Waals surface area (Å²) >= 11 is 0. The lowest BCUT2D eigenvalue weighted by Crippen LogP contribution is -2.42. The summed E-state index contributed by atoms with van der Waals surface area (Å²) in [6.45, 7) is 0. The van der Waals surface area contributed by atoms with Gasteiger partial charge in [0.05, 0.1) is 11.6 Å². The fourth-order valence-electron chi connectivity index (χ4n) is 1.19. The minimum Gasteiger partial charge on any atom is -0.275 e. The van der Waals surface area contributed by atoms with Crippen LogP contribution in [0.3, 0.4) is 0 Å². The van der Waals surface area contributed by atoms with Crippen LogP contribution in [0.15, 0.2) is 29.3 Å². The number of urea groups is 1. The smallest absolute Gasteiger partial charge is 0.275 e. The monoisotopic (exact) mass is 162 g/mol. The van der Waals surface area contributed by atoms with E-state index in [2.05, 4.69) is 10.3 Å². The van der Waals surface area contributed by atoms with Crippen molar-refractivity contribution in [3.05, 3.63) is 24.3 Å². The lowest BCUT2D eigenvalue weighted by molar-refractivity contribution is -0.120. The number of hydrogen-bond donors (Lipinski definition) is 1. The molecule has 1 N–H and O–H groups in total. The Morgan fingerprint density at radius 3 is 3.00 bits per heavy atom. The first-order chi connectivity index (χ1) is 5.77. The molecule has 3 amide bonds. The summed E-state index contributed by atoms with van der Waals surface area (Å²) in [4.78, 5) is 25.6. The summed E-state index contributed by atoms with van der Waals surface area (Å²) in [5, 5.41) is 2.13. The molecule has 0 aromatic rings. The number of allylic oxidation sites excluding steroid dienone is 3. The number of nitrogens with one attached hydrogen (secondary N) is 1. The molecule has 0 spiro atoms. The third-order valence-corrected chi connectivity index (χ3v) is 1.74. The Morgan fingerprint density at radius 1 is 1.33 bits per heavy atom. The summed E-state index contributed by atoms with van der Waals surface area (Å²) in [7, 11) is 0. The average Bonchev–Trinajstić information content (AvgIpc) is 2.04. The van der Waals surface area contributed by atoms with Gasteiger partial charge in [-0.2, -0.15) is 4.99 Å². The number of imide groups is 1. The van der Waals surface area contributed by atoms with E-state index in [1.165, 1.54) is 0 Å². The Labute approximate surface area is 68.7 Å². The van der Waals surface area contributed by atoms with Gasteiger partial charge in [0.15, 0.2) is 0 Å². The Kier molecular flexibility index (Phi) is 1.40. The normalized spacial score (nSPS) is 26.3. The number of hydrogen-bond acceptors (Lipinski definition) is 2. The van der Waals surface area contributed by atoms with Crippen LogP contribution in [0.5, 0.6) is 0 Å². The van der Waals surface area contributed by atoms with Crippen molar-refractivity contribution in [2.24, 2.45) is 10.9 Å². The molecule has 0 radical (unpaired) electrons. The maximum Gasteiger partial charge on any atom is 0.347 e. The van der Waals surface area contributed by atoms with E-state index in [1.54, 1.807) is 24.3 Å². The molecule has 1 heterocycles. The molecule has 4 heteroatoms. The first kappa shape index (κ1) is 6.97. The number of fused-ring (bicyclic) bond motifs is 1. The molecule has 0 saturated carbocycles. The first-order valence-electron chi connectivity index (χ1n) is 3.55. The lowest BCUT2D eigenvalue weighted by Gasteiger charge is -2.18. The first-order valence-corrected chi connectivity index (χ1v) is 3.55. The second-order valence-corrected chi connectivity index (χ2v) is 2.55. The molecule has 0 aromatic carbocycles. The Bertz CT molecular complexity index is 339. The predicted molar refractivity (Wildman–Crippen MR) is 42.7 cm³/mol. The van der Waals surface area contributed by atoms with Crippen molar-refractivity contribution in [2.75, 3.05) is 0 Å². The van der Waals surface area contributed by atoms with Gasteiger partial charge in [-0.25, -0.2) is 4.79 Å². The van der Waals surface area contributed by atoms with Gasteiger partial charge in [-0.3, -0.25) is 10.1 Å². The zero-order valence-corrected chi connectivity index (χ0v) is 6.15. The van der Waals surface area contributed by atoms with E-state index in [0.29, 0.717) is 5.71 Å². The summed E-state index contributed by atoms with van der Waals surface area (Å²) in [6, 6.07) is -0.578. The van der Waals surface area contributed by atoms with E-state index in [0.717, 1.165) is 0 Å². The van der Waals surface area contributed by atoms with Crippen molar-refractivity contribution in [3.8, 4) is 0 Å². The van der Waals surface area contributed by atoms with Crippen LogP contribution in [0.2, 0.25) is 0 Å². The quantitative estimate of drug-likeness (QED) is 0.561. The molecule has 12 heavy (non-hydrogen) atoms. The van der Waals surface area contributed by atoms with Crippen LogP contribution in [0.1, 0.15) is 0 Å². The van der Waals surface area contributed by atoms with Gasteiger partial charge in [0, 0.05) is 0 Å². The van der Waals surface area contributed by atoms with E-state index >= 15 is 0 Å². The summed E-state index contributed by atoms with van der Waals surface area (Å²) in [6.07, 6.45) is 6.89. The molecule has 60 valence electrons. The zero-order chi connectivity index (χ0) is 8.55. The van der Waals surface area contributed by atoms with Crippen LogP contribution >= 0.6 is 0 Å². The van der Waals surface area contributed by atoms with Gasteiger partial charge < -0.3 is 0 Å². The molecule has 1 aliphatic carbocycles.